The lowest BCUT2D eigenvalue weighted by molar-refractivity contribution is -0.0279. The summed E-state index contributed by atoms with van der Waals surface area (Å²) in [4.78, 5) is 3.68. The van der Waals surface area contributed by atoms with Crippen molar-refractivity contribution in [3.63, 3.8) is 0 Å². The Balaban J connectivity index is 4.33. The van der Waals surface area contributed by atoms with Crippen molar-refractivity contribution in [2.45, 2.75) is 129 Å². The molecule has 4 N–H and O–H groups in total. The molecule has 278 valence electrons. The van der Waals surface area contributed by atoms with E-state index in [-0.39, 0.29) is 64.1 Å². The maximum absolute atomic E-state index is 11.3. The molecule has 46 heavy (non-hydrogen) atoms. The topological polar surface area (TPSA) is 174 Å². The van der Waals surface area contributed by atoms with Gasteiger partial charge in [-0.15, -0.1) is 0 Å². The van der Waals surface area contributed by atoms with Crippen LogP contribution in [0.5, 0.6) is 0 Å². The van der Waals surface area contributed by atoms with Gasteiger partial charge in [-0.05, 0) is 25.9 Å². The average Bonchev–Trinajstić information content (AvgIpc) is 2.98. The predicted octanol–water partition coefficient (Wildman–Crippen LogP) is 4.40. The van der Waals surface area contributed by atoms with Gasteiger partial charge in [-0.1, -0.05) is 104 Å². The molecule has 0 fully saturated rings. The summed E-state index contributed by atoms with van der Waals surface area (Å²) in [6.45, 7) is 6.81. The quantitative estimate of drug-likeness (QED) is 0.0542. The smallest absolute Gasteiger partial charge is 0.266 e. The molecule has 14 heteroatoms. The van der Waals surface area contributed by atoms with Gasteiger partial charge in [0.05, 0.1) is 50.1 Å². The molecule has 0 radical (unpaired) electrons. The van der Waals surface area contributed by atoms with Crippen LogP contribution in [0.2, 0.25) is 0 Å². The van der Waals surface area contributed by atoms with Crippen LogP contribution in [0, 0.1) is 0 Å². The van der Waals surface area contributed by atoms with Crippen molar-refractivity contribution in [1.82, 2.24) is 9.80 Å². The standard InChI is InChI=1S/C32H68N2O10S2/c1-3-5-7-9-11-13-15-17-19-33(21-25-45(37,38)39)27-31(35)29-43-23-24-44-30-32(36)28-34(22-26-46(40,41)42)20-18-16-14-12-10-8-6-4-2/h31-32,35-36H,3-30H2,1-2H3,(H,37,38,39)(H,40,41,42). The van der Waals surface area contributed by atoms with Crippen molar-refractivity contribution in [2.75, 3.05) is 77.2 Å². The van der Waals surface area contributed by atoms with Crippen molar-refractivity contribution >= 4 is 20.2 Å². The maximum Gasteiger partial charge on any atom is 0.266 e. The SMILES string of the molecule is CCCCCCCCCCN(CCS(=O)(=O)O)CC(O)COCCOCC(O)CN(CCCCCCCCCC)CCS(=O)(=O)O. The van der Waals surface area contributed by atoms with Crippen molar-refractivity contribution in [1.29, 1.82) is 0 Å². The van der Waals surface area contributed by atoms with E-state index >= 15 is 0 Å². The number of unbranched alkanes of at least 4 members (excludes halogenated alkanes) is 14. The van der Waals surface area contributed by atoms with Crippen LogP contribution in [0.25, 0.3) is 0 Å². The van der Waals surface area contributed by atoms with Gasteiger partial charge >= 0.3 is 0 Å². The first-order chi connectivity index (χ1) is 21.9. The van der Waals surface area contributed by atoms with Gasteiger partial charge in [-0.2, -0.15) is 16.8 Å². The highest BCUT2D eigenvalue weighted by Gasteiger charge is 2.17. The van der Waals surface area contributed by atoms with E-state index in [1.54, 1.807) is 0 Å². The Morgan fingerprint density at radius 3 is 1.11 bits per heavy atom. The Morgan fingerprint density at radius 1 is 0.500 bits per heavy atom. The molecule has 12 nitrogen and oxygen atoms in total. The fourth-order valence-electron chi connectivity index (χ4n) is 5.27. The molecule has 0 aliphatic heterocycles. The van der Waals surface area contributed by atoms with E-state index < -0.39 is 32.4 Å². The second-order valence-corrected chi connectivity index (χ2v) is 15.7. The molecule has 0 saturated carbocycles. The Kier molecular flexibility index (Phi) is 29.2. The molecule has 0 aromatic heterocycles. The van der Waals surface area contributed by atoms with Crippen molar-refractivity contribution < 1.29 is 45.6 Å². The molecule has 0 aliphatic carbocycles. The van der Waals surface area contributed by atoms with Gasteiger partial charge in [0.15, 0.2) is 0 Å². The predicted molar refractivity (Wildman–Crippen MR) is 185 cm³/mol. The Morgan fingerprint density at radius 2 is 0.804 bits per heavy atom. The highest BCUT2D eigenvalue weighted by molar-refractivity contribution is 7.86. The van der Waals surface area contributed by atoms with Crippen LogP contribution < -0.4 is 0 Å². The van der Waals surface area contributed by atoms with Crippen LogP contribution in [0.3, 0.4) is 0 Å². The molecule has 0 aromatic rings. The number of hydrogen-bond acceptors (Lipinski definition) is 10. The third-order valence-electron chi connectivity index (χ3n) is 7.92. The molecule has 2 atom stereocenters. The van der Waals surface area contributed by atoms with E-state index in [1.165, 1.54) is 64.2 Å². The lowest BCUT2D eigenvalue weighted by Gasteiger charge is -2.25. The minimum atomic E-state index is -4.10. The van der Waals surface area contributed by atoms with Crippen molar-refractivity contribution in [3.8, 4) is 0 Å². The second kappa shape index (κ2) is 29.5. The zero-order valence-electron chi connectivity index (χ0n) is 28.9. The Hall–Kier alpha value is -0.420. The van der Waals surface area contributed by atoms with E-state index in [0.717, 1.165) is 38.5 Å². The maximum atomic E-state index is 11.3. The summed E-state index contributed by atoms with van der Waals surface area (Å²) in [6.07, 6.45) is 16.7. The van der Waals surface area contributed by atoms with Crippen LogP contribution in [0.15, 0.2) is 0 Å². The third-order valence-corrected chi connectivity index (χ3v) is 9.31. The van der Waals surface area contributed by atoms with Gasteiger partial charge in [-0.25, -0.2) is 0 Å². The van der Waals surface area contributed by atoms with E-state index in [4.69, 9.17) is 18.6 Å². The highest BCUT2D eigenvalue weighted by atomic mass is 32.2. The first-order valence-electron chi connectivity index (χ1n) is 17.7. The van der Waals surface area contributed by atoms with E-state index in [2.05, 4.69) is 13.8 Å². The molecule has 0 saturated heterocycles. The normalized spacial score (nSPS) is 14.0. The molecular weight excluding hydrogens is 636 g/mol. The van der Waals surface area contributed by atoms with E-state index in [0.29, 0.717) is 13.1 Å². The first-order valence-corrected chi connectivity index (χ1v) is 20.9. The van der Waals surface area contributed by atoms with Crippen LogP contribution in [0.1, 0.15) is 117 Å². The molecule has 0 spiro atoms. The summed E-state index contributed by atoms with van der Waals surface area (Å²) in [5.74, 6) is -0.778. The van der Waals surface area contributed by atoms with Gasteiger partial charge in [0.2, 0.25) is 0 Å². The highest BCUT2D eigenvalue weighted by Crippen LogP contribution is 2.11. The summed E-state index contributed by atoms with van der Waals surface area (Å²) < 4.78 is 74.4. The lowest BCUT2D eigenvalue weighted by Crippen LogP contribution is -2.39. The number of hydrogen-bond donors (Lipinski definition) is 4. The number of aliphatic hydroxyl groups is 2. The van der Waals surface area contributed by atoms with Crippen molar-refractivity contribution in [2.24, 2.45) is 0 Å². The van der Waals surface area contributed by atoms with Crippen LogP contribution in [-0.4, -0.2) is 135 Å². The number of ether oxygens (including phenoxy) is 2. The van der Waals surface area contributed by atoms with E-state index in [1.807, 2.05) is 9.80 Å². The number of rotatable bonds is 35. The van der Waals surface area contributed by atoms with Crippen molar-refractivity contribution in [3.05, 3.63) is 0 Å². The molecule has 2 unspecified atom stereocenters. The minimum absolute atomic E-state index is 0.0354. The monoisotopic (exact) mass is 704 g/mol. The Labute approximate surface area is 281 Å². The second-order valence-electron chi connectivity index (χ2n) is 12.6. The molecule has 0 rings (SSSR count). The number of nitrogens with zero attached hydrogens (tertiary/aromatic N) is 2. The summed E-state index contributed by atoms with van der Waals surface area (Å²) in [6, 6.07) is 0. The third kappa shape index (κ3) is 33.5. The zero-order valence-corrected chi connectivity index (χ0v) is 30.5. The fourth-order valence-corrected chi connectivity index (χ4v) is 6.25. The number of aliphatic hydroxyl groups excluding tert-OH is 2. The largest absolute Gasteiger partial charge is 0.389 e. The van der Waals surface area contributed by atoms with Gasteiger partial charge in [0.1, 0.15) is 0 Å². The minimum Gasteiger partial charge on any atom is -0.389 e. The van der Waals surface area contributed by atoms with Gasteiger partial charge in [0, 0.05) is 26.2 Å². The first kappa shape index (κ1) is 45.6. The van der Waals surface area contributed by atoms with Crippen LogP contribution in [-0.2, 0) is 29.7 Å². The molecular formula is C32H68N2O10S2. The van der Waals surface area contributed by atoms with Gasteiger partial charge < -0.3 is 19.7 Å². The lowest BCUT2D eigenvalue weighted by atomic mass is 10.1. The summed E-state index contributed by atoms with van der Waals surface area (Å²) in [7, 11) is -8.20. The zero-order chi connectivity index (χ0) is 34.5. The molecule has 0 heterocycles. The molecule has 0 amide bonds. The van der Waals surface area contributed by atoms with E-state index in [9.17, 15) is 27.0 Å². The van der Waals surface area contributed by atoms with Gasteiger partial charge in [-0.3, -0.25) is 18.9 Å². The molecule has 0 bridgehead atoms. The van der Waals surface area contributed by atoms with Gasteiger partial charge in [0.25, 0.3) is 20.2 Å². The Bertz CT molecular complexity index is 821. The average molecular weight is 705 g/mol. The summed E-state index contributed by atoms with van der Waals surface area (Å²) >= 11 is 0. The summed E-state index contributed by atoms with van der Waals surface area (Å²) in [5.41, 5.74) is 0. The fraction of sp³-hybridized carbons (Fsp3) is 1.00. The van der Waals surface area contributed by atoms with Crippen LogP contribution >= 0.6 is 0 Å². The summed E-state index contributed by atoms with van der Waals surface area (Å²) in [5, 5.41) is 20.9. The molecule has 0 aliphatic rings. The molecule has 0 aromatic carbocycles. The van der Waals surface area contributed by atoms with Crippen LogP contribution in [0.4, 0.5) is 0 Å².